The van der Waals surface area contributed by atoms with E-state index in [2.05, 4.69) is 5.32 Å². The standard InChI is InChI=1S/C19H20N2O3/c1-14-19(23)21(16-9-5-6-10-17(16)24-14)13-18(22)20-12-11-15-7-3-2-4-8-15/h2-10,14H,11-13H2,1H3,(H,20,22)/t14-/m1/s1. The topological polar surface area (TPSA) is 58.6 Å². The maximum Gasteiger partial charge on any atom is 0.268 e. The molecule has 1 N–H and O–H groups in total. The molecule has 3 rings (SSSR count). The predicted molar refractivity (Wildman–Crippen MR) is 92.0 cm³/mol. The number of carbonyl (C=O) groups is 2. The maximum absolute atomic E-state index is 12.3. The van der Waals surface area contributed by atoms with Crippen molar-refractivity contribution in [1.82, 2.24) is 5.32 Å². The lowest BCUT2D eigenvalue weighted by atomic mass is 10.1. The van der Waals surface area contributed by atoms with Crippen LogP contribution in [-0.4, -0.2) is 31.0 Å². The Labute approximate surface area is 141 Å². The fourth-order valence-corrected chi connectivity index (χ4v) is 2.71. The largest absolute Gasteiger partial charge is 0.479 e. The molecule has 1 aliphatic heterocycles. The Morgan fingerprint density at radius 2 is 1.83 bits per heavy atom. The molecular formula is C19H20N2O3. The van der Waals surface area contributed by atoms with Gasteiger partial charge in [0.1, 0.15) is 12.3 Å². The summed E-state index contributed by atoms with van der Waals surface area (Å²) in [4.78, 5) is 26.0. The number of anilines is 1. The molecule has 0 aliphatic carbocycles. The van der Waals surface area contributed by atoms with Gasteiger partial charge in [-0.3, -0.25) is 14.5 Å². The van der Waals surface area contributed by atoms with Crippen molar-refractivity contribution in [2.75, 3.05) is 18.0 Å². The lowest BCUT2D eigenvalue weighted by molar-refractivity contribution is -0.128. The van der Waals surface area contributed by atoms with Gasteiger partial charge in [-0.15, -0.1) is 0 Å². The number of carbonyl (C=O) groups excluding carboxylic acids is 2. The van der Waals surface area contributed by atoms with Crippen molar-refractivity contribution in [3.8, 4) is 5.75 Å². The van der Waals surface area contributed by atoms with E-state index < -0.39 is 6.10 Å². The second-order valence-electron chi connectivity index (χ2n) is 5.74. The van der Waals surface area contributed by atoms with Gasteiger partial charge in [-0.1, -0.05) is 42.5 Å². The molecule has 1 aliphatic rings. The van der Waals surface area contributed by atoms with Crippen molar-refractivity contribution in [2.24, 2.45) is 0 Å². The number of para-hydroxylation sites is 2. The Morgan fingerprint density at radius 1 is 1.12 bits per heavy atom. The molecule has 0 unspecified atom stereocenters. The van der Waals surface area contributed by atoms with E-state index in [0.717, 1.165) is 6.42 Å². The van der Waals surface area contributed by atoms with Crippen LogP contribution in [0.25, 0.3) is 0 Å². The number of nitrogens with one attached hydrogen (secondary N) is 1. The molecule has 1 atom stereocenters. The normalized spacial score (nSPS) is 16.3. The molecule has 24 heavy (non-hydrogen) atoms. The summed E-state index contributed by atoms with van der Waals surface area (Å²) in [7, 11) is 0. The van der Waals surface area contributed by atoms with Gasteiger partial charge in [-0.25, -0.2) is 0 Å². The van der Waals surface area contributed by atoms with Crippen LogP contribution in [0.1, 0.15) is 12.5 Å². The SMILES string of the molecule is C[C@H]1Oc2ccccc2N(CC(=O)NCCc2ccccc2)C1=O. The fraction of sp³-hybridized carbons (Fsp3) is 0.263. The van der Waals surface area contributed by atoms with Gasteiger partial charge in [-0.2, -0.15) is 0 Å². The highest BCUT2D eigenvalue weighted by Gasteiger charge is 2.32. The minimum absolute atomic E-state index is 0.00165. The highest BCUT2D eigenvalue weighted by molar-refractivity contribution is 6.03. The fourth-order valence-electron chi connectivity index (χ4n) is 2.71. The van der Waals surface area contributed by atoms with Crippen LogP contribution in [0.3, 0.4) is 0 Å². The highest BCUT2D eigenvalue weighted by atomic mass is 16.5. The van der Waals surface area contributed by atoms with E-state index in [9.17, 15) is 9.59 Å². The monoisotopic (exact) mass is 324 g/mol. The number of hydrogen-bond donors (Lipinski definition) is 1. The summed E-state index contributed by atoms with van der Waals surface area (Å²) < 4.78 is 5.57. The number of nitrogens with zero attached hydrogens (tertiary/aromatic N) is 1. The Balaban J connectivity index is 1.60. The molecule has 0 saturated heterocycles. The number of fused-ring (bicyclic) bond motifs is 1. The zero-order valence-electron chi connectivity index (χ0n) is 13.6. The summed E-state index contributed by atoms with van der Waals surface area (Å²) >= 11 is 0. The Morgan fingerprint density at radius 3 is 2.62 bits per heavy atom. The molecule has 2 aromatic rings. The average molecular weight is 324 g/mol. The third-order valence-electron chi connectivity index (χ3n) is 3.95. The summed E-state index contributed by atoms with van der Waals surface area (Å²) in [5.41, 5.74) is 1.80. The van der Waals surface area contributed by atoms with Gasteiger partial charge in [0.25, 0.3) is 5.91 Å². The Kier molecular flexibility index (Phi) is 4.79. The van der Waals surface area contributed by atoms with Crippen molar-refractivity contribution >= 4 is 17.5 Å². The van der Waals surface area contributed by atoms with E-state index in [4.69, 9.17) is 4.74 Å². The van der Waals surface area contributed by atoms with Gasteiger partial charge in [-0.05, 0) is 31.0 Å². The van der Waals surface area contributed by atoms with Gasteiger partial charge < -0.3 is 10.1 Å². The zero-order chi connectivity index (χ0) is 16.9. The van der Waals surface area contributed by atoms with E-state index in [1.165, 1.54) is 10.5 Å². The first-order valence-electron chi connectivity index (χ1n) is 8.03. The molecule has 124 valence electrons. The van der Waals surface area contributed by atoms with Gasteiger partial charge >= 0.3 is 0 Å². The number of rotatable bonds is 5. The third-order valence-corrected chi connectivity index (χ3v) is 3.95. The van der Waals surface area contributed by atoms with Crippen molar-refractivity contribution in [1.29, 1.82) is 0 Å². The molecule has 5 heteroatoms. The van der Waals surface area contributed by atoms with E-state index >= 15 is 0 Å². The first-order chi connectivity index (χ1) is 11.6. The maximum atomic E-state index is 12.3. The minimum Gasteiger partial charge on any atom is -0.479 e. The molecule has 1 heterocycles. The van der Waals surface area contributed by atoms with Crippen LogP contribution in [-0.2, 0) is 16.0 Å². The summed E-state index contributed by atoms with van der Waals surface area (Å²) in [5, 5.41) is 2.87. The Bertz CT molecular complexity index is 730. The first kappa shape index (κ1) is 16.1. The molecule has 0 spiro atoms. The predicted octanol–water partition coefficient (Wildman–Crippen LogP) is 2.16. The lowest BCUT2D eigenvalue weighted by Crippen LogP contribution is -2.49. The van der Waals surface area contributed by atoms with Crippen LogP contribution in [0.2, 0.25) is 0 Å². The van der Waals surface area contributed by atoms with Crippen molar-refractivity contribution < 1.29 is 14.3 Å². The second-order valence-corrected chi connectivity index (χ2v) is 5.74. The molecule has 0 aromatic heterocycles. The minimum atomic E-state index is -0.586. The van der Waals surface area contributed by atoms with Crippen LogP contribution in [0.5, 0.6) is 5.75 Å². The number of amides is 2. The average Bonchev–Trinajstić information content (AvgIpc) is 2.60. The van der Waals surface area contributed by atoms with E-state index in [1.807, 2.05) is 42.5 Å². The van der Waals surface area contributed by atoms with E-state index in [-0.39, 0.29) is 18.4 Å². The molecule has 0 radical (unpaired) electrons. The second kappa shape index (κ2) is 7.17. The molecular weight excluding hydrogens is 304 g/mol. The number of benzene rings is 2. The Hall–Kier alpha value is -2.82. The smallest absolute Gasteiger partial charge is 0.268 e. The van der Waals surface area contributed by atoms with Gasteiger partial charge in [0.05, 0.1) is 5.69 Å². The molecule has 0 saturated carbocycles. The van der Waals surface area contributed by atoms with E-state index in [1.54, 1.807) is 19.1 Å². The van der Waals surface area contributed by atoms with Gasteiger partial charge in [0.15, 0.2) is 6.10 Å². The number of ether oxygens (including phenoxy) is 1. The van der Waals surface area contributed by atoms with Crippen LogP contribution in [0, 0.1) is 0 Å². The molecule has 0 bridgehead atoms. The van der Waals surface area contributed by atoms with Crippen molar-refractivity contribution in [2.45, 2.75) is 19.4 Å². The zero-order valence-corrected chi connectivity index (χ0v) is 13.6. The third kappa shape index (κ3) is 3.56. The van der Waals surface area contributed by atoms with Crippen molar-refractivity contribution in [3.63, 3.8) is 0 Å². The molecule has 2 amide bonds. The highest BCUT2D eigenvalue weighted by Crippen LogP contribution is 2.33. The van der Waals surface area contributed by atoms with Crippen molar-refractivity contribution in [3.05, 3.63) is 60.2 Å². The number of hydrogen-bond acceptors (Lipinski definition) is 3. The summed E-state index contributed by atoms with van der Waals surface area (Å²) in [6.45, 7) is 2.23. The van der Waals surface area contributed by atoms with Crippen LogP contribution in [0.15, 0.2) is 54.6 Å². The van der Waals surface area contributed by atoms with Crippen LogP contribution < -0.4 is 15.0 Å². The van der Waals surface area contributed by atoms with Crippen LogP contribution in [0.4, 0.5) is 5.69 Å². The van der Waals surface area contributed by atoms with E-state index in [0.29, 0.717) is 18.0 Å². The molecule has 5 nitrogen and oxygen atoms in total. The quantitative estimate of drug-likeness (QED) is 0.917. The summed E-state index contributed by atoms with van der Waals surface area (Å²) in [5.74, 6) is 0.247. The molecule has 0 fully saturated rings. The summed E-state index contributed by atoms with van der Waals surface area (Å²) in [6, 6.07) is 17.2. The summed E-state index contributed by atoms with van der Waals surface area (Å²) in [6.07, 6.45) is 0.174. The first-order valence-corrected chi connectivity index (χ1v) is 8.03. The van der Waals surface area contributed by atoms with Gasteiger partial charge in [0, 0.05) is 6.54 Å². The lowest BCUT2D eigenvalue weighted by Gasteiger charge is -2.32. The molecule has 2 aromatic carbocycles. The van der Waals surface area contributed by atoms with Crippen LogP contribution >= 0.6 is 0 Å². The van der Waals surface area contributed by atoms with Gasteiger partial charge in [0.2, 0.25) is 5.91 Å².